The molecular formula is C18H18ClNO4S. The summed E-state index contributed by atoms with van der Waals surface area (Å²) in [5.74, 6) is -0.103. The summed E-state index contributed by atoms with van der Waals surface area (Å²) in [4.78, 5) is 13.1. The Morgan fingerprint density at radius 1 is 1.28 bits per heavy atom. The predicted molar refractivity (Wildman–Crippen MR) is 99.2 cm³/mol. The summed E-state index contributed by atoms with van der Waals surface area (Å²) in [6.45, 7) is 3.29. The van der Waals surface area contributed by atoms with Crippen LogP contribution >= 0.6 is 23.4 Å². The van der Waals surface area contributed by atoms with Crippen molar-refractivity contribution in [2.75, 3.05) is 10.7 Å². The van der Waals surface area contributed by atoms with Crippen LogP contribution in [0.3, 0.4) is 0 Å². The van der Waals surface area contributed by atoms with E-state index in [1.807, 2.05) is 6.92 Å². The molecule has 25 heavy (non-hydrogen) atoms. The van der Waals surface area contributed by atoms with Crippen molar-refractivity contribution in [3.05, 3.63) is 52.0 Å². The number of hydrogen-bond acceptors (Lipinski definition) is 5. The smallest absolute Gasteiger partial charge is 0.238 e. The summed E-state index contributed by atoms with van der Waals surface area (Å²) in [5, 5.41) is 30.7. The molecule has 5 nitrogen and oxygen atoms in total. The van der Waals surface area contributed by atoms with E-state index < -0.39 is 4.87 Å². The summed E-state index contributed by atoms with van der Waals surface area (Å²) in [7, 11) is 0. The van der Waals surface area contributed by atoms with Crippen LogP contribution in [-0.2, 0) is 16.3 Å². The van der Waals surface area contributed by atoms with Gasteiger partial charge in [0.05, 0.1) is 18.0 Å². The van der Waals surface area contributed by atoms with Gasteiger partial charge in [-0.25, -0.2) is 0 Å². The van der Waals surface area contributed by atoms with Crippen LogP contribution in [0.25, 0.3) is 0 Å². The van der Waals surface area contributed by atoms with E-state index >= 15 is 0 Å². The summed E-state index contributed by atoms with van der Waals surface area (Å²) in [5.41, 5.74) is 1.98. The van der Waals surface area contributed by atoms with E-state index in [4.69, 9.17) is 11.6 Å². The molecule has 0 spiro atoms. The SMILES string of the molecule is Cc1ccc(O)c(N2C(=O)CSC2(C)c2cc(Cl)cc(CO)c2O)c1. The van der Waals surface area contributed by atoms with Crippen LogP contribution in [-0.4, -0.2) is 27.0 Å². The number of aliphatic hydroxyl groups is 1. The molecule has 0 saturated carbocycles. The molecule has 1 atom stereocenters. The van der Waals surface area contributed by atoms with Gasteiger partial charge in [-0.2, -0.15) is 0 Å². The van der Waals surface area contributed by atoms with Gasteiger partial charge >= 0.3 is 0 Å². The van der Waals surface area contributed by atoms with Crippen molar-refractivity contribution in [1.29, 1.82) is 0 Å². The molecule has 1 heterocycles. The van der Waals surface area contributed by atoms with E-state index in [9.17, 15) is 20.1 Å². The molecule has 1 fully saturated rings. The lowest BCUT2D eigenvalue weighted by atomic mass is 10.00. The van der Waals surface area contributed by atoms with Crippen LogP contribution < -0.4 is 4.90 Å². The van der Waals surface area contributed by atoms with Crippen LogP contribution in [0, 0.1) is 6.92 Å². The van der Waals surface area contributed by atoms with Crippen molar-refractivity contribution in [2.45, 2.75) is 25.3 Å². The number of phenolic OH excluding ortho intramolecular Hbond substituents is 1. The normalized spacial score (nSPS) is 20.3. The number of nitrogens with zero attached hydrogens (tertiary/aromatic N) is 1. The fourth-order valence-electron chi connectivity index (χ4n) is 3.07. The standard InChI is InChI=1S/C18H18ClNO4S/c1-10-3-4-15(22)14(5-10)20-16(23)9-25-18(20,2)13-7-12(19)6-11(8-21)17(13)24/h3-7,21-22,24H,8-9H2,1-2H3. The Labute approximate surface area is 154 Å². The van der Waals surface area contributed by atoms with Crippen molar-refractivity contribution >= 4 is 35.0 Å². The first-order valence-electron chi connectivity index (χ1n) is 7.67. The van der Waals surface area contributed by atoms with Gasteiger partial charge in [-0.1, -0.05) is 17.7 Å². The van der Waals surface area contributed by atoms with Crippen molar-refractivity contribution in [3.8, 4) is 11.5 Å². The van der Waals surface area contributed by atoms with Gasteiger partial charge in [-0.05, 0) is 43.7 Å². The minimum absolute atomic E-state index is 0.0171. The third kappa shape index (κ3) is 2.94. The number of amides is 1. The Morgan fingerprint density at radius 2 is 2.00 bits per heavy atom. The Balaban J connectivity index is 2.22. The minimum Gasteiger partial charge on any atom is -0.507 e. The Hall–Kier alpha value is -1.89. The quantitative estimate of drug-likeness (QED) is 0.760. The van der Waals surface area contributed by atoms with Crippen LogP contribution in [0.15, 0.2) is 30.3 Å². The lowest BCUT2D eigenvalue weighted by Gasteiger charge is -2.36. The zero-order valence-corrected chi connectivity index (χ0v) is 15.4. The van der Waals surface area contributed by atoms with Crippen molar-refractivity contribution < 1.29 is 20.1 Å². The van der Waals surface area contributed by atoms with Gasteiger partial charge in [0, 0.05) is 16.1 Å². The van der Waals surface area contributed by atoms with Crippen molar-refractivity contribution in [3.63, 3.8) is 0 Å². The van der Waals surface area contributed by atoms with Gasteiger partial charge in [0.25, 0.3) is 0 Å². The molecule has 1 unspecified atom stereocenters. The molecule has 3 N–H and O–H groups in total. The van der Waals surface area contributed by atoms with E-state index in [1.165, 1.54) is 22.7 Å². The summed E-state index contributed by atoms with van der Waals surface area (Å²) in [6, 6.07) is 8.09. The number of carbonyl (C=O) groups excluding carboxylic acids is 1. The maximum Gasteiger partial charge on any atom is 0.238 e. The third-order valence-electron chi connectivity index (χ3n) is 4.35. The monoisotopic (exact) mass is 379 g/mol. The average Bonchev–Trinajstić information content (AvgIpc) is 2.87. The number of anilines is 1. The molecular weight excluding hydrogens is 362 g/mol. The third-order valence-corrected chi connectivity index (χ3v) is 5.92. The molecule has 0 radical (unpaired) electrons. The summed E-state index contributed by atoms with van der Waals surface area (Å²) in [6.07, 6.45) is 0. The zero-order chi connectivity index (χ0) is 18.4. The van der Waals surface area contributed by atoms with E-state index in [0.717, 1.165) is 5.56 Å². The molecule has 0 aromatic heterocycles. The van der Waals surface area contributed by atoms with Gasteiger partial charge in [0.1, 0.15) is 16.4 Å². The zero-order valence-electron chi connectivity index (χ0n) is 13.8. The maximum absolute atomic E-state index is 12.6. The maximum atomic E-state index is 12.6. The second-order valence-corrected chi connectivity index (χ2v) is 7.92. The number of aromatic hydroxyl groups is 2. The van der Waals surface area contributed by atoms with Crippen LogP contribution in [0.2, 0.25) is 5.02 Å². The van der Waals surface area contributed by atoms with Crippen molar-refractivity contribution in [1.82, 2.24) is 0 Å². The Morgan fingerprint density at radius 3 is 2.68 bits per heavy atom. The largest absolute Gasteiger partial charge is 0.507 e. The minimum atomic E-state index is -0.971. The highest BCUT2D eigenvalue weighted by molar-refractivity contribution is 8.01. The fourth-order valence-corrected chi connectivity index (χ4v) is 4.49. The van der Waals surface area contributed by atoms with Gasteiger partial charge in [0.2, 0.25) is 5.91 Å². The number of aryl methyl sites for hydroxylation is 1. The molecule has 2 aromatic carbocycles. The number of phenols is 2. The lowest BCUT2D eigenvalue weighted by molar-refractivity contribution is -0.116. The molecule has 0 bridgehead atoms. The van der Waals surface area contributed by atoms with Gasteiger partial charge in [0.15, 0.2) is 0 Å². The number of carbonyl (C=O) groups is 1. The molecule has 1 saturated heterocycles. The predicted octanol–water partition coefficient (Wildman–Crippen LogP) is 3.50. The molecule has 3 rings (SSSR count). The second kappa shape index (κ2) is 6.44. The molecule has 1 aliphatic rings. The highest BCUT2D eigenvalue weighted by atomic mass is 35.5. The molecule has 1 amide bonds. The number of hydrogen-bond donors (Lipinski definition) is 3. The highest BCUT2D eigenvalue weighted by Crippen LogP contribution is 2.52. The van der Waals surface area contributed by atoms with Crippen molar-refractivity contribution in [2.24, 2.45) is 0 Å². The summed E-state index contributed by atoms with van der Waals surface area (Å²) >= 11 is 7.47. The fraction of sp³-hybridized carbons (Fsp3) is 0.278. The van der Waals surface area contributed by atoms with E-state index in [1.54, 1.807) is 31.2 Å². The van der Waals surface area contributed by atoms with Crippen LogP contribution in [0.1, 0.15) is 23.6 Å². The van der Waals surface area contributed by atoms with Gasteiger partial charge in [-0.15, -0.1) is 11.8 Å². The lowest BCUT2D eigenvalue weighted by Crippen LogP contribution is -2.40. The van der Waals surface area contributed by atoms with E-state index in [0.29, 0.717) is 16.3 Å². The highest BCUT2D eigenvalue weighted by Gasteiger charge is 2.47. The Bertz CT molecular complexity index is 857. The van der Waals surface area contributed by atoms with E-state index in [-0.39, 0.29) is 35.3 Å². The van der Waals surface area contributed by atoms with Gasteiger partial charge < -0.3 is 15.3 Å². The molecule has 7 heteroatoms. The topological polar surface area (TPSA) is 81.0 Å². The molecule has 2 aromatic rings. The first-order chi connectivity index (χ1) is 11.8. The molecule has 132 valence electrons. The number of benzene rings is 2. The van der Waals surface area contributed by atoms with E-state index in [2.05, 4.69) is 0 Å². The Kier molecular flexibility index (Phi) is 4.62. The molecule has 1 aliphatic heterocycles. The first kappa shape index (κ1) is 17.9. The van der Waals surface area contributed by atoms with Crippen LogP contribution in [0.4, 0.5) is 5.69 Å². The number of thioether (sulfide) groups is 1. The first-order valence-corrected chi connectivity index (χ1v) is 9.03. The summed E-state index contributed by atoms with van der Waals surface area (Å²) < 4.78 is 0. The number of rotatable bonds is 3. The number of halogens is 1. The second-order valence-electron chi connectivity index (χ2n) is 6.11. The molecule has 0 aliphatic carbocycles. The number of aliphatic hydroxyl groups excluding tert-OH is 1. The average molecular weight is 380 g/mol. The van der Waals surface area contributed by atoms with Gasteiger partial charge in [-0.3, -0.25) is 9.69 Å². The van der Waals surface area contributed by atoms with Crippen LogP contribution in [0.5, 0.6) is 11.5 Å².